The third-order valence-electron chi connectivity index (χ3n) is 4.07. The Bertz CT molecular complexity index is 1070. The van der Waals surface area contributed by atoms with Crippen molar-refractivity contribution in [2.75, 3.05) is 0 Å². The summed E-state index contributed by atoms with van der Waals surface area (Å²) in [6.45, 7) is 0.125. The Balaban J connectivity index is 1.61. The third-order valence-corrected chi connectivity index (χ3v) is 4.07. The number of nitro benzene ring substituents is 1. The van der Waals surface area contributed by atoms with E-state index < -0.39 is 16.7 Å². The van der Waals surface area contributed by atoms with Gasteiger partial charge in [-0.05, 0) is 42.0 Å². The van der Waals surface area contributed by atoms with E-state index in [2.05, 4.69) is 10.9 Å². The average Bonchev–Trinajstić information content (AvgIpc) is 2.77. The molecule has 0 aliphatic rings. The summed E-state index contributed by atoms with van der Waals surface area (Å²) in [6, 6.07) is 17.1. The van der Waals surface area contributed by atoms with Crippen LogP contribution in [0, 0.1) is 15.9 Å². The lowest BCUT2D eigenvalue weighted by Crippen LogP contribution is -2.41. The molecule has 0 bridgehead atoms. The van der Waals surface area contributed by atoms with E-state index in [0.29, 0.717) is 0 Å². The number of nitrogens with one attached hydrogen (secondary N) is 2. The van der Waals surface area contributed by atoms with E-state index in [1.54, 1.807) is 30.3 Å². The molecule has 0 aliphatic heterocycles. The van der Waals surface area contributed by atoms with Gasteiger partial charge in [0.2, 0.25) is 0 Å². The summed E-state index contributed by atoms with van der Waals surface area (Å²) in [6.07, 6.45) is 0. The van der Waals surface area contributed by atoms with Gasteiger partial charge in [-0.1, -0.05) is 24.3 Å². The minimum absolute atomic E-state index is 0.125. The minimum Gasteiger partial charge on any atom is -0.488 e. The van der Waals surface area contributed by atoms with Gasteiger partial charge in [-0.2, -0.15) is 0 Å². The number of para-hydroxylation sites is 1. The lowest BCUT2D eigenvalue weighted by atomic mass is 10.2. The fraction of sp³-hybridized carbons (Fsp3) is 0.0476. The van der Waals surface area contributed by atoms with Crippen molar-refractivity contribution in [3.63, 3.8) is 0 Å². The maximum atomic E-state index is 13.0. The number of rotatable bonds is 6. The van der Waals surface area contributed by atoms with Crippen LogP contribution in [0.1, 0.15) is 26.3 Å². The molecule has 9 heteroatoms. The van der Waals surface area contributed by atoms with Crippen LogP contribution in [0.25, 0.3) is 0 Å². The Kier molecular flexibility index (Phi) is 6.33. The van der Waals surface area contributed by atoms with Crippen molar-refractivity contribution in [3.8, 4) is 5.75 Å². The number of carbonyl (C=O) groups is 2. The maximum Gasteiger partial charge on any atom is 0.273 e. The number of hydrogen-bond acceptors (Lipinski definition) is 5. The molecule has 2 amide bonds. The van der Waals surface area contributed by atoms with Crippen LogP contribution in [-0.4, -0.2) is 16.7 Å². The van der Waals surface area contributed by atoms with Crippen LogP contribution >= 0.6 is 0 Å². The largest absolute Gasteiger partial charge is 0.488 e. The quantitative estimate of drug-likeness (QED) is 0.479. The molecule has 8 nitrogen and oxygen atoms in total. The number of ether oxygens (including phenoxy) is 1. The molecule has 3 aromatic rings. The predicted molar refractivity (Wildman–Crippen MR) is 105 cm³/mol. The second-order valence-electron chi connectivity index (χ2n) is 6.12. The van der Waals surface area contributed by atoms with Crippen LogP contribution in [0.5, 0.6) is 5.75 Å². The van der Waals surface area contributed by atoms with E-state index in [1.807, 2.05) is 0 Å². The summed E-state index contributed by atoms with van der Waals surface area (Å²) < 4.78 is 18.6. The maximum absolute atomic E-state index is 13.0. The molecule has 0 saturated heterocycles. The normalized spacial score (nSPS) is 10.2. The number of non-ortho nitro benzene ring substituents is 1. The molecule has 0 aliphatic carbocycles. The van der Waals surface area contributed by atoms with E-state index in [0.717, 1.165) is 5.56 Å². The number of nitrogens with zero attached hydrogens (tertiary/aromatic N) is 1. The van der Waals surface area contributed by atoms with E-state index >= 15 is 0 Å². The van der Waals surface area contributed by atoms with Gasteiger partial charge in [0.25, 0.3) is 17.5 Å². The zero-order valence-corrected chi connectivity index (χ0v) is 15.5. The molecule has 152 valence electrons. The lowest BCUT2D eigenvalue weighted by molar-refractivity contribution is -0.384. The van der Waals surface area contributed by atoms with Gasteiger partial charge in [-0.15, -0.1) is 0 Å². The third kappa shape index (κ3) is 5.16. The highest BCUT2D eigenvalue weighted by atomic mass is 19.1. The van der Waals surface area contributed by atoms with Crippen molar-refractivity contribution in [2.45, 2.75) is 6.61 Å². The first-order chi connectivity index (χ1) is 14.4. The molecule has 0 atom stereocenters. The van der Waals surface area contributed by atoms with Crippen LogP contribution in [0.3, 0.4) is 0 Å². The van der Waals surface area contributed by atoms with Crippen LogP contribution in [0.4, 0.5) is 10.1 Å². The smallest absolute Gasteiger partial charge is 0.273 e. The summed E-state index contributed by atoms with van der Waals surface area (Å²) >= 11 is 0. The van der Waals surface area contributed by atoms with Crippen LogP contribution in [-0.2, 0) is 6.61 Å². The van der Waals surface area contributed by atoms with E-state index in [4.69, 9.17) is 4.74 Å². The Labute approximate surface area is 170 Å². The molecule has 0 heterocycles. The highest BCUT2D eigenvalue weighted by Crippen LogP contribution is 2.19. The van der Waals surface area contributed by atoms with Crippen molar-refractivity contribution in [1.82, 2.24) is 10.9 Å². The molecule has 3 rings (SSSR count). The van der Waals surface area contributed by atoms with Gasteiger partial charge in [0.15, 0.2) is 0 Å². The number of carbonyl (C=O) groups excluding carboxylic acids is 2. The van der Waals surface area contributed by atoms with Crippen molar-refractivity contribution >= 4 is 17.5 Å². The number of hydrogen-bond donors (Lipinski definition) is 2. The summed E-state index contributed by atoms with van der Waals surface area (Å²) in [4.78, 5) is 34.7. The van der Waals surface area contributed by atoms with Crippen molar-refractivity contribution < 1.29 is 23.6 Å². The monoisotopic (exact) mass is 409 g/mol. The fourth-order valence-corrected chi connectivity index (χ4v) is 2.51. The van der Waals surface area contributed by atoms with E-state index in [-0.39, 0.29) is 35.0 Å². The molecule has 0 saturated carbocycles. The first kappa shape index (κ1) is 20.5. The van der Waals surface area contributed by atoms with Gasteiger partial charge in [-0.3, -0.25) is 30.6 Å². The number of nitro groups is 1. The standard InChI is InChI=1S/C21H16FN3O5/c22-16-9-5-14(6-10-16)13-30-19-4-2-1-3-18(19)21(27)24-23-20(26)15-7-11-17(12-8-15)25(28)29/h1-12H,13H2,(H,23,26)(H,24,27). The highest BCUT2D eigenvalue weighted by Gasteiger charge is 2.14. The van der Waals surface area contributed by atoms with Gasteiger partial charge in [-0.25, -0.2) is 4.39 Å². The van der Waals surface area contributed by atoms with Gasteiger partial charge in [0.1, 0.15) is 18.2 Å². The second kappa shape index (κ2) is 9.28. The van der Waals surface area contributed by atoms with E-state index in [9.17, 15) is 24.1 Å². The van der Waals surface area contributed by atoms with Crippen LogP contribution < -0.4 is 15.6 Å². The minimum atomic E-state index is -0.636. The topological polar surface area (TPSA) is 111 Å². The molecule has 0 fully saturated rings. The second-order valence-corrected chi connectivity index (χ2v) is 6.12. The van der Waals surface area contributed by atoms with Crippen molar-refractivity contribution in [1.29, 1.82) is 0 Å². The molecule has 0 radical (unpaired) electrons. The zero-order valence-electron chi connectivity index (χ0n) is 15.5. The fourth-order valence-electron chi connectivity index (χ4n) is 2.51. The first-order valence-electron chi connectivity index (χ1n) is 8.75. The average molecular weight is 409 g/mol. The molecular formula is C21H16FN3O5. The summed E-state index contributed by atoms with van der Waals surface area (Å²) in [5.41, 5.74) is 5.42. The molecule has 0 spiro atoms. The summed E-state index contributed by atoms with van der Waals surface area (Å²) in [5.74, 6) is -1.32. The molecule has 3 aromatic carbocycles. The van der Waals surface area contributed by atoms with Crippen molar-refractivity contribution in [3.05, 3.63) is 105 Å². The SMILES string of the molecule is O=C(NNC(=O)c1ccccc1OCc1ccc(F)cc1)c1ccc([N+](=O)[O-])cc1. The Hall–Kier alpha value is -4.27. The number of hydrazine groups is 1. The zero-order chi connectivity index (χ0) is 21.5. The van der Waals surface area contributed by atoms with Gasteiger partial charge in [0.05, 0.1) is 10.5 Å². The summed E-state index contributed by atoms with van der Waals surface area (Å²) in [5, 5.41) is 10.7. The lowest BCUT2D eigenvalue weighted by Gasteiger charge is -2.12. The Morgan fingerprint density at radius 1 is 0.900 bits per heavy atom. The van der Waals surface area contributed by atoms with Crippen LogP contribution in [0.15, 0.2) is 72.8 Å². The van der Waals surface area contributed by atoms with E-state index in [1.165, 1.54) is 42.5 Å². The first-order valence-corrected chi connectivity index (χ1v) is 8.75. The highest BCUT2D eigenvalue weighted by molar-refractivity contribution is 6.00. The van der Waals surface area contributed by atoms with Crippen molar-refractivity contribution in [2.24, 2.45) is 0 Å². The molecule has 30 heavy (non-hydrogen) atoms. The predicted octanol–water partition coefficient (Wildman–Crippen LogP) is 3.39. The van der Waals surface area contributed by atoms with Crippen LogP contribution in [0.2, 0.25) is 0 Å². The van der Waals surface area contributed by atoms with Gasteiger partial charge < -0.3 is 4.74 Å². The Morgan fingerprint density at radius 3 is 2.20 bits per heavy atom. The number of benzene rings is 3. The number of amides is 2. The summed E-state index contributed by atoms with van der Waals surface area (Å²) in [7, 11) is 0. The molecule has 0 aromatic heterocycles. The number of halogens is 1. The molecule has 0 unspecified atom stereocenters. The molecular weight excluding hydrogens is 393 g/mol. The Morgan fingerprint density at radius 2 is 1.53 bits per heavy atom. The van der Waals surface area contributed by atoms with Gasteiger partial charge >= 0.3 is 0 Å². The van der Waals surface area contributed by atoms with Gasteiger partial charge in [0, 0.05) is 17.7 Å². The molecule has 2 N–H and O–H groups in total.